The van der Waals surface area contributed by atoms with Gasteiger partial charge in [-0.15, -0.1) is 0 Å². The summed E-state index contributed by atoms with van der Waals surface area (Å²) in [5.41, 5.74) is 0. The number of nitrogens with one attached hydrogen (secondary N) is 1. The van der Waals surface area contributed by atoms with Crippen molar-refractivity contribution in [2.45, 2.75) is 10.9 Å². The normalized spacial score (nSPS) is 21.6. The number of hydrogen-bond donors (Lipinski definition) is 1. The highest BCUT2D eigenvalue weighted by Crippen LogP contribution is 2.19. The van der Waals surface area contributed by atoms with Crippen molar-refractivity contribution in [1.82, 2.24) is 14.5 Å². The third kappa shape index (κ3) is 2.84. The molecular formula is C13H19N3O3S. The third-order valence-corrected chi connectivity index (χ3v) is 5.42. The fourth-order valence-electron chi connectivity index (χ4n) is 2.26. The minimum absolute atomic E-state index is 0.166. The van der Waals surface area contributed by atoms with E-state index in [-0.39, 0.29) is 17.3 Å². The molecule has 1 fully saturated rings. The minimum atomic E-state index is -3.53. The molecule has 2 rings (SSSR count). The molecule has 1 aliphatic rings. The Morgan fingerprint density at radius 3 is 2.50 bits per heavy atom. The third-order valence-electron chi connectivity index (χ3n) is 3.54. The summed E-state index contributed by atoms with van der Waals surface area (Å²) < 4.78 is 26.4. The van der Waals surface area contributed by atoms with E-state index in [4.69, 9.17) is 0 Å². The highest BCUT2D eigenvalue weighted by atomic mass is 32.2. The number of rotatable bonds is 3. The lowest BCUT2D eigenvalue weighted by Gasteiger charge is -2.37. The molecule has 1 N–H and O–H groups in total. The Morgan fingerprint density at radius 1 is 1.25 bits per heavy atom. The zero-order valence-corrected chi connectivity index (χ0v) is 12.4. The lowest BCUT2D eigenvalue weighted by Crippen LogP contribution is -2.58. The number of sulfonamides is 1. The number of benzene rings is 1. The van der Waals surface area contributed by atoms with Gasteiger partial charge in [-0.1, -0.05) is 18.2 Å². The van der Waals surface area contributed by atoms with E-state index < -0.39 is 16.1 Å². The van der Waals surface area contributed by atoms with Gasteiger partial charge in [0.1, 0.15) is 6.04 Å². The van der Waals surface area contributed by atoms with Crippen LogP contribution in [0.3, 0.4) is 0 Å². The monoisotopic (exact) mass is 297 g/mol. The summed E-state index contributed by atoms with van der Waals surface area (Å²) in [6.45, 7) is 1.10. The summed E-state index contributed by atoms with van der Waals surface area (Å²) in [6.07, 6.45) is 0. The quantitative estimate of drug-likeness (QED) is 0.834. The second-order valence-electron chi connectivity index (χ2n) is 4.79. The Labute approximate surface area is 119 Å². The number of piperazine rings is 1. The Balaban J connectivity index is 2.23. The summed E-state index contributed by atoms with van der Waals surface area (Å²) in [6, 6.07) is 7.85. The van der Waals surface area contributed by atoms with Crippen LogP contribution in [0.25, 0.3) is 0 Å². The lowest BCUT2D eigenvalue weighted by molar-refractivity contribution is -0.126. The average molecular weight is 297 g/mol. The van der Waals surface area contributed by atoms with Crippen molar-refractivity contribution in [2.75, 3.05) is 33.7 Å². The Morgan fingerprint density at radius 2 is 1.90 bits per heavy atom. The van der Waals surface area contributed by atoms with E-state index in [1.807, 2.05) is 11.9 Å². The van der Waals surface area contributed by atoms with Crippen molar-refractivity contribution < 1.29 is 13.2 Å². The van der Waals surface area contributed by atoms with Crippen LogP contribution in [0.2, 0.25) is 0 Å². The predicted molar refractivity (Wildman–Crippen MR) is 75.7 cm³/mol. The maximum atomic E-state index is 12.5. The van der Waals surface area contributed by atoms with Gasteiger partial charge in [0, 0.05) is 26.7 Å². The Kier molecular flexibility index (Phi) is 4.42. The van der Waals surface area contributed by atoms with Crippen molar-refractivity contribution >= 4 is 15.9 Å². The molecule has 1 amide bonds. The molecule has 1 aromatic carbocycles. The Bertz CT molecular complexity index is 574. The van der Waals surface area contributed by atoms with E-state index in [2.05, 4.69) is 5.32 Å². The van der Waals surface area contributed by atoms with Crippen LogP contribution in [0.15, 0.2) is 35.2 Å². The van der Waals surface area contributed by atoms with E-state index in [1.54, 1.807) is 37.4 Å². The number of likely N-dealkylation sites (N-methyl/N-ethyl adjacent to an activating group) is 2. The molecule has 0 aliphatic carbocycles. The second-order valence-corrected chi connectivity index (χ2v) is 6.72. The van der Waals surface area contributed by atoms with Crippen LogP contribution >= 0.6 is 0 Å². The van der Waals surface area contributed by atoms with Gasteiger partial charge in [-0.25, -0.2) is 8.42 Å². The fraction of sp³-hybridized carbons (Fsp3) is 0.462. The Hall–Kier alpha value is -1.44. The van der Waals surface area contributed by atoms with Crippen LogP contribution in [0.5, 0.6) is 0 Å². The predicted octanol–water partition coefficient (Wildman–Crippen LogP) is -0.263. The summed E-state index contributed by atoms with van der Waals surface area (Å²) in [4.78, 5) is 13.9. The fourth-order valence-corrected chi connectivity index (χ4v) is 3.72. The van der Waals surface area contributed by atoms with E-state index in [9.17, 15) is 13.2 Å². The first-order chi connectivity index (χ1) is 9.46. The van der Waals surface area contributed by atoms with Crippen molar-refractivity contribution in [2.24, 2.45) is 0 Å². The molecule has 1 aliphatic heterocycles. The van der Waals surface area contributed by atoms with Crippen molar-refractivity contribution in [1.29, 1.82) is 0 Å². The molecule has 6 nitrogen and oxygen atoms in total. The molecule has 1 saturated heterocycles. The lowest BCUT2D eigenvalue weighted by atomic mass is 10.2. The highest BCUT2D eigenvalue weighted by molar-refractivity contribution is 7.89. The zero-order chi connectivity index (χ0) is 14.8. The average Bonchev–Trinajstić information content (AvgIpc) is 2.47. The largest absolute Gasteiger partial charge is 0.358 e. The van der Waals surface area contributed by atoms with Gasteiger partial charge >= 0.3 is 0 Å². The molecule has 0 saturated carbocycles. The minimum Gasteiger partial charge on any atom is -0.358 e. The molecule has 1 heterocycles. The number of nitrogens with zero attached hydrogens (tertiary/aromatic N) is 2. The van der Waals surface area contributed by atoms with E-state index in [0.717, 1.165) is 0 Å². The van der Waals surface area contributed by atoms with E-state index in [0.29, 0.717) is 13.1 Å². The first-order valence-electron chi connectivity index (χ1n) is 6.44. The smallest absolute Gasteiger partial charge is 0.243 e. The second kappa shape index (κ2) is 5.90. The molecular weight excluding hydrogens is 278 g/mol. The van der Waals surface area contributed by atoms with E-state index >= 15 is 0 Å². The molecule has 0 aromatic heterocycles. The standard InChI is InChI=1S/C13H19N3O3S/c1-14-13(17)12-10-16(9-8-15(12)2)20(18,19)11-6-4-3-5-7-11/h3-7,12H,8-10H2,1-2H3,(H,14,17)/t12-/m0/s1. The van der Waals surface area contributed by atoms with Crippen LogP contribution in [-0.4, -0.2) is 63.3 Å². The van der Waals surface area contributed by atoms with Gasteiger partial charge < -0.3 is 5.32 Å². The van der Waals surface area contributed by atoms with Crippen LogP contribution in [0.4, 0.5) is 0 Å². The van der Waals surface area contributed by atoms with Crippen LogP contribution in [0, 0.1) is 0 Å². The van der Waals surface area contributed by atoms with Gasteiger partial charge in [0.15, 0.2) is 0 Å². The van der Waals surface area contributed by atoms with Crippen LogP contribution in [-0.2, 0) is 14.8 Å². The first-order valence-corrected chi connectivity index (χ1v) is 7.88. The van der Waals surface area contributed by atoms with Gasteiger partial charge in [-0.05, 0) is 19.2 Å². The van der Waals surface area contributed by atoms with Crippen molar-refractivity contribution in [3.05, 3.63) is 30.3 Å². The number of hydrogen-bond acceptors (Lipinski definition) is 4. The molecule has 1 aromatic rings. The molecule has 7 heteroatoms. The first kappa shape index (κ1) is 15.0. The van der Waals surface area contributed by atoms with Gasteiger partial charge in [0.05, 0.1) is 4.90 Å². The SMILES string of the molecule is CNC(=O)[C@@H]1CN(S(=O)(=O)c2ccccc2)CCN1C. The number of amides is 1. The number of carbonyl (C=O) groups excluding carboxylic acids is 1. The van der Waals surface area contributed by atoms with Crippen LogP contribution < -0.4 is 5.32 Å². The van der Waals surface area contributed by atoms with Crippen molar-refractivity contribution in [3.8, 4) is 0 Å². The maximum absolute atomic E-state index is 12.5. The molecule has 0 radical (unpaired) electrons. The molecule has 1 atom stereocenters. The van der Waals surface area contributed by atoms with Gasteiger partial charge in [-0.2, -0.15) is 4.31 Å². The maximum Gasteiger partial charge on any atom is 0.243 e. The van der Waals surface area contributed by atoms with Crippen LogP contribution in [0.1, 0.15) is 0 Å². The molecule has 0 unspecified atom stereocenters. The topological polar surface area (TPSA) is 69.7 Å². The molecule has 0 bridgehead atoms. The summed E-state index contributed by atoms with van der Waals surface area (Å²) in [5, 5.41) is 2.57. The summed E-state index contributed by atoms with van der Waals surface area (Å²) >= 11 is 0. The summed E-state index contributed by atoms with van der Waals surface area (Å²) in [7, 11) is -0.151. The van der Waals surface area contributed by atoms with Gasteiger partial charge in [0.2, 0.25) is 15.9 Å². The van der Waals surface area contributed by atoms with Crippen molar-refractivity contribution in [3.63, 3.8) is 0 Å². The van der Waals surface area contributed by atoms with Gasteiger partial charge in [-0.3, -0.25) is 9.69 Å². The molecule has 110 valence electrons. The zero-order valence-electron chi connectivity index (χ0n) is 11.6. The molecule has 20 heavy (non-hydrogen) atoms. The number of carbonyl (C=O) groups is 1. The van der Waals surface area contributed by atoms with Gasteiger partial charge in [0.25, 0.3) is 0 Å². The van der Waals surface area contributed by atoms with E-state index in [1.165, 1.54) is 4.31 Å². The summed E-state index contributed by atoms with van der Waals surface area (Å²) in [5.74, 6) is -0.166. The molecule has 0 spiro atoms. The highest BCUT2D eigenvalue weighted by Gasteiger charge is 2.35.